The predicted molar refractivity (Wildman–Crippen MR) is 90.1 cm³/mol. The van der Waals surface area contributed by atoms with Crippen molar-refractivity contribution in [1.82, 2.24) is 9.97 Å². The molecular formula is C17H18N2O4S. The SMILES string of the molecule is COC(=O)C(C=O)c1ccccc1COc1cc(C)nc(SC)n1. The lowest BCUT2D eigenvalue weighted by atomic mass is 9.95. The predicted octanol–water partition coefficient (Wildman–Crippen LogP) is 2.54. The van der Waals surface area contributed by atoms with Gasteiger partial charge in [0.25, 0.3) is 0 Å². The number of thioether (sulfide) groups is 1. The molecule has 6 nitrogen and oxygen atoms in total. The van der Waals surface area contributed by atoms with Crippen LogP contribution in [0.25, 0.3) is 0 Å². The summed E-state index contributed by atoms with van der Waals surface area (Å²) >= 11 is 1.43. The number of nitrogens with zero attached hydrogens (tertiary/aromatic N) is 2. The van der Waals surface area contributed by atoms with Crippen LogP contribution in [0.5, 0.6) is 5.88 Å². The van der Waals surface area contributed by atoms with Crippen molar-refractivity contribution in [1.29, 1.82) is 0 Å². The number of benzene rings is 1. The van der Waals surface area contributed by atoms with Gasteiger partial charge in [-0.2, -0.15) is 4.98 Å². The number of carbonyl (C=O) groups is 2. The van der Waals surface area contributed by atoms with Crippen LogP contribution in [0.3, 0.4) is 0 Å². The Hall–Kier alpha value is -2.41. The maximum atomic E-state index is 11.8. The molecule has 1 atom stereocenters. The lowest BCUT2D eigenvalue weighted by molar-refractivity contribution is -0.143. The fraction of sp³-hybridized carbons (Fsp3) is 0.294. The van der Waals surface area contributed by atoms with Crippen molar-refractivity contribution < 1.29 is 19.1 Å². The van der Waals surface area contributed by atoms with Crippen LogP contribution in [-0.4, -0.2) is 35.6 Å². The zero-order valence-electron chi connectivity index (χ0n) is 13.7. The quantitative estimate of drug-likeness (QED) is 0.251. The third-order valence-electron chi connectivity index (χ3n) is 3.35. The van der Waals surface area contributed by atoms with Gasteiger partial charge in [-0.3, -0.25) is 4.79 Å². The van der Waals surface area contributed by atoms with E-state index in [-0.39, 0.29) is 6.61 Å². The van der Waals surface area contributed by atoms with Crippen LogP contribution in [0.2, 0.25) is 0 Å². The number of aromatic nitrogens is 2. The zero-order chi connectivity index (χ0) is 17.5. The molecular weight excluding hydrogens is 328 g/mol. The topological polar surface area (TPSA) is 78.4 Å². The Morgan fingerprint density at radius 3 is 2.75 bits per heavy atom. The van der Waals surface area contributed by atoms with E-state index in [0.717, 1.165) is 11.3 Å². The second-order valence-corrected chi connectivity index (χ2v) is 5.73. The van der Waals surface area contributed by atoms with Gasteiger partial charge in [0, 0.05) is 11.8 Å². The van der Waals surface area contributed by atoms with Gasteiger partial charge >= 0.3 is 5.97 Å². The highest BCUT2D eigenvalue weighted by atomic mass is 32.2. The highest BCUT2D eigenvalue weighted by Crippen LogP contribution is 2.22. The van der Waals surface area contributed by atoms with Crippen molar-refractivity contribution in [2.24, 2.45) is 0 Å². The van der Waals surface area contributed by atoms with Crippen LogP contribution in [0.1, 0.15) is 22.7 Å². The molecule has 0 amide bonds. The Morgan fingerprint density at radius 1 is 1.33 bits per heavy atom. The van der Waals surface area contributed by atoms with E-state index >= 15 is 0 Å². The third-order valence-corrected chi connectivity index (χ3v) is 3.90. The van der Waals surface area contributed by atoms with Gasteiger partial charge in [-0.15, -0.1) is 0 Å². The second-order valence-electron chi connectivity index (χ2n) is 4.96. The highest BCUT2D eigenvalue weighted by molar-refractivity contribution is 7.98. The number of rotatable bonds is 7. The maximum Gasteiger partial charge on any atom is 0.320 e. The zero-order valence-corrected chi connectivity index (χ0v) is 14.5. The van der Waals surface area contributed by atoms with Crippen LogP contribution in [0.15, 0.2) is 35.5 Å². The molecule has 0 radical (unpaired) electrons. The number of esters is 1. The third kappa shape index (κ3) is 4.32. The standard InChI is InChI=1S/C17H18N2O4S/c1-11-8-15(19-17(18-11)24-3)23-10-12-6-4-5-7-13(12)14(9-20)16(21)22-2/h4-9,14H,10H2,1-3H3. The first-order valence-corrected chi connectivity index (χ1v) is 8.45. The van der Waals surface area contributed by atoms with Crippen molar-refractivity contribution in [2.45, 2.75) is 24.6 Å². The normalized spacial score (nSPS) is 11.6. The van der Waals surface area contributed by atoms with E-state index in [4.69, 9.17) is 4.74 Å². The summed E-state index contributed by atoms with van der Waals surface area (Å²) in [6.07, 6.45) is 2.46. The average Bonchev–Trinajstić information content (AvgIpc) is 2.60. The number of ether oxygens (including phenoxy) is 2. The molecule has 0 spiro atoms. The molecule has 24 heavy (non-hydrogen) atoms. The van der Waals surface area contributed by atoms with Crippen LogP contribution in [-0.2, 0) is 20.9 Å². The summed E-state index contributed by atoms with van der Waals surface area (Å²) in [7, 11) is 1.26. The minimum atomic E-state index is -0.969. The molecule has 0 bridgehead atoms. The molecule has 0 aliphatic heterocycles. The van der Waals surface area contributed by atoms with E-state index in [1.807, 2.05) is 19.2 Å². The van der Waals surface area contributed by atoms with Gasteiger partial charge in [0.15, 0.2) is 5.16 Å². The first-order valence-electron chi connectivity index (χ1n) is 7.22. The van der Waals surface area contributed by atoms with E-state index in [9.17, 15) is 9.59 Å². The van der Waals surface area contributed by atoms with Crippen LogP contribution in [0, 0.1) is 6.92 Å². The molecule has 1 heterocycles. The number of hydrogen-bond acceptors (Lipinski definition) is 7. The van der Waals surface area contributed by atoms with Gasteiger partial charge in [0.2, 0.25) is 5.88 Å². The van der Waals surface area contributed by atoms with Gasteiger partial charge in [0.05, 0.1) is 7.11 Å². The summed E-state index contributed by atoms with van der Waals surface area (Å²) in [4.78, 5) is 31.6. The summed E-state index contributed by atoms with van der Waals surface area (Å²) in [6, 6.07) is 8.84. The lowest BCUT2D eigenvalue weighted by Crippen LogP contribution is -2.17. The second kappa shape index (κ2) is 8.44. The van der Waals surface area contributed by atoms with Crippen molar-refractivity contribution >= 4 is 24.0 Å². The van der Waals surface area contributed by atoms with E-state index in [2.05, 4.69) is 14.7 Å². The Morgan fingerprint density at radius 2 is 2.08 bits per heavy atom. The fourth-order valence-corrected chi connectivity index (χ4v) is 2.60. The molecule has 2 rings (SSSR count). The van der Waals surface area contributed by atoms with Gasteiger partial charge in [0.1, 0.15) is 18.8 Å². The van der Waals surface area contributed by atoms with Crippen molar-refractivity contribution in [3.63, 3.8) is 0 Å². The van der Waals surface area contributed by atoms with E-state index < -0.39 is 11.9 Å². The highest BCUT2D eigenvalue weighted by Gasteiger charge is 2.23. The first-order chi connectivity index (χ1) is 11.6. The van der Waals surface area contributed by atoms with Crippen molar-refractivity contribution in [3.05, 3.63) is 47.2 Å². The average molecular weight is 346 g/mol. The summed E-state index contributed by atoms with van der Waals surface area (Å²) in [5.74, 6) is -1.12. The molecule has 0 fully saturated rings. The van der Waals surface area contributed by atoms with Crippen LogP contribution < -0.4 is 4.74 Å². The largest absolute Gasteiger partial charge is 0.473 e. The van der Waals surface area contributed by atoms with Gasteiger partial charge in [-0.25, -0.2) is 4.98 Å². The minimum Gasteiger partial charge on any atom is -0.473 e. The molecule has 0 saturated heterocycles. The first kappa shape index (κ1) is 17.9. The molecule has 7 heteroatoms. The summed E-state index contributed by atoms with van der Waals surface area (Å²) in [5.41, 5.74) is 2.09. The molecule has 2 aromatic rings. The molecule has 1 unspecified atom stereocenters. The van der Waals surface area contributed by atoms with Crippen LogP contribution >= 0.6 is 11.8 Å². The minimum absolute atomic E-state index is 0.182. The van der Waals surface area contributed by atoms with E-state index in [1.54, 1.807) is 24.3 Å². The number of aryl methyl sites for hydroxylation is 1. The molecule has 0 N–H and O–H groups in total. The van der Waals surface area contributed by atoms with Gasteiger partial charge in [-0.05, 0) is 24.3 Å². The summed E-state index contributed by atoms with van der Waals surface area (Å²) < 4.78 is 10.4. The number of carbonyl (C=O) groups excluding carboxylic acids is 2. The summed E-state index contributed by atoms with van der Waals surface area (Å²) in [5, 5.41) is 0.624. The fourth-order valence-electron chi connectivity index (χ4n) is 2.18. The van der Waals surface area contributed by atoms with Gasteiger partial charge in [-0.1, -0.05) is 36.0 Å². The molecule has 1 aromatic heterocycles. The molecule has 1 aromatic carbocycles. The lowest BCUT2D eigenvalue weighted by Gasteiger charge is -2.14. The van der Waals surface area contributed by atoms with Gasteiger partial charge < -0.3 is 14.3 Å². The van der Waals surface area contributed by atoms with E-state index in [1.165, 1.54) is 18.9 Å². The Labute approximate surface area is 144 Å². The van der Waals surface area contributed by atoms with Crippen LogP contribution in [0.4, 0.5) is 0 Å². The molecule has 126 valence electrons. The Kier molecular flexibility index (Phi) is 6.31. The Balaban J connectivity index is 2.23. The van der Waals surface area contributed by atoms with E-state index in [0.29, 0.717) is 22.9 Å². The number of methoxy groups -OCH3 is 1. The maximum absolute atomic E-state index is 11.8. The number of aldehydes is 1. The van der Waals surface area contributed by atoms with Crippen molar-refractivity contribution in [2.75, 3.05) is 13.4 Å². The molecule has 0 aliphatic carbocycles. The molecule has 0 aliphatic rings. The summed E-state index contributed by atoms with van der Waals surface area (Å²) in [6.45, 7) is 2.05. The smallest absolute Gasteiger partial charge is 0.320 e. The monoisotopic (exact) mass is 346 g/mol. The Bertz CT molecular complexity index is 736. The number of hydrogen-bond donors (Lipinski definition) is 0. The molecule has 0 saturated carbocycles. The van der Waals surface area contributed by atoms with Crippen molar-refractivity contribution in [3.8, 4) is 5.88 Å².